The van der Waals surface area contributed by atoms with Crippen LogP contribution in [-0.4, -0.2) is 34.4 Å². The second-order valence-corrected chi connectivity index (χ2v) is 4.74. The third-order valence-corrected chi connectivity index (χ3v) is 3.62. The van der Waals surface area contributed by atoms with Crippen LogP contribution in [0.1, 0.15) is 52.6 Å². The maximum Gasteiger partial charge on any atom is 0.195 e. The Balaban J connectivity index is 2.42. The van der Waals surface area contributed by atoms with Crippen molar-refractivity contribution in [2.24, 2.45) is 0 Å². The van der Waals surface area contributed by atoms with Crippen LogP contribution in [0.4, 0.5) is 0 Å². The second kappa shape index (κ2) is 4.63. The number of rotatable bonds is 2. The number of carbonyl (C=O) groups is 4. The van der Waals surface area contributed by atoms with Crippen LogP contribution in [0.5, 0.6) is 11.5 Å². The molecule has 1 aliphatic rings. The Morgan fingerprint density at radius 2 is 1.05 bits per heavy atom. The van der Waals surface area contributed by atoms with E-state index in [0.717, 1.165) is 12.1 Å². The second-order valence-electron chi connectivity index (χ2n) is 4.74. The SMILES string of the molecule is O=Cc1c(O)ccc2c1C(=O)c1ccc(O)c(C=O)c1C2=O. The average Bonchev–Trinajstić information content (AvgIpc) is 2.51. The van der Waals surface area contributed by atoms with Gasteiger partial charge in [0.15, 0.2) is 24.1 Å². The van der Waals surface area contributed by atoms with Crippen molar-refractivity contribution >= 4 is 24.1 Å². The number of phenols is 2. The number of fused-ring (bicyclic) bond motifs is 2. The largest absolute Gasteiger partial charge is 0.507 e. The Morgan fingerprint density at radius 1 is 0.682 bits per heavy atom. The number of hydrogen-bond donors (Lipinski definition) is 2. The van der Waals surface area contributed by atoms with Gasteiger partial charge in [0.25, 0.3) is 0 Å². The smallest absolute Gasteiger partial charge is 0.195 e. The van der Waals surface area contributed by atoms with E-state index < -0.39 is 23.1 Å². The van der Waals surface area contributed by atoms with E-state index in [2.05, 4.69) is 0 Å². The quantitative estimate of drug-likeness (QED) is 0.694. The topological polar surface area (TPSA) is 109 Å². The molecule has 0 aliphatic heterocycles. The van der Waals surface area contributed by atoms with Crippen molar-refractivity contribution in [3.8, 4) is 11.5 Å². The summed E-state index contributed by atoms with van der Waals surface area (Å²) < 4.78 is 0. The molecule has 0 aromatic heterocycles. The van der Waals surface area contributed by atoms with E-state index in [4.69, 9.17) is 0 Å². The number of carbonyl (C=O) groups excluding carboxylic acids is 4. The summed E-state index contributed by atoms with van der Waals surface area (Å²) in [5.74, 6) is -2.14. The highest BCUT2D eigenvalue weighted by atomic mass is 16.3. The van der Waals surface area contributed by atoms with Crippen LogP contribution in [-0.2, 0) is 0 Å². The van der Waals surface area contributed by atoms with Crippen molar-refractivity contribution in [2.45, 2.75) is 0 Å². The fourth-order valence-corrected chi connectivity index (χ4v) is 2.59. The van der Waals surface area contributed by atoms with Crippen LogP contribution in [0.25, 0.3) is 0 Å². The summed E-state index contributed by atoms with van der Waals surface area (Å²) in [4.78, 5) is 47.3. The minimum Gasteiger partial charge on any atom is -0.507 e. The van der Waals surface area contributed by atoms with E-state index >= 15 is 0 Å². The van der Waals surface area contributed by atoms with E-state index in [0.29, 0.717) is 12.6 Å². The summed E-state index contributed by atoms with van der Waals surface area (Å²) in [6.07, 6.45) is 0.594. The Bertz CT molecular complexity index is 805. The molecule has 0 spiro atoms. The minimum absolute atomic E-state index is 0.0916. The first-order chi connectivity index (χ1) is 10.5. The summed E-state index contributed by atoms with van der Waals surface area (Å²) in [5, 5.41) is 19.3. The Hall–Kier alpha value is -3.28. The molecule has 0 radical (unpaired) electrons. The molecular formula is C16H8O6. The molecule has 6 nitrogen and oxygen atoms in total. The zero-order valence-corrected chi connectivity index (χ0v) is 11.0. The summed E-state index contributed by atoms with van der Waals surface area (Å²) >= 11 is 0. The predicted octanol–water partition coefficient (Wildman–Crippen LogP) is 1.50. The Morgan fingerprint density at radius 3 is 1.36 bits per heavy atom. The van der Waals surface area contributed by atoms with Gasteiger partial charge in [-0.1, -0.05) is 0 Å². The lowest BCUT2D eigenvalue weighted by atomic mass is 9.80. The molecule has 0 fully saturated rings. The van der Waals surface area contributed by atoms with Gasteiger partial charge in [-0.25, -0.2) is 0 Å². The third kappa shape index (κ3) is 1.61. The van der Waals surface area contributed by atoms with Crippen molar-refractivity contribution in [3.05, 3.63) is 57.6 Å². The normalized spacial score (nSPS) is 12.5. The fourth-order valence-electron chi connectivity index (χ4n) is 2.59. The zero-order chi connectivity index (χ0) is 16.0. The third-order valence-electron chi connectivity index (χ3n) is 3.62. The minimum atomic E-state index is -0.661. The lowest BCUT2D eigenvalue weighted by Gasteiger charge is -2.20. The number of ketones is 2. The molecule has 22 heavy (non-hydrogen) atoms. The molecule has 0 amide bonds. The highest BCUT2D eigenvalue weighted by Crippen LogP contribution is 2.35. The molecule has 6 heteroatoms. The van der Waals surface area contributed by atoms with Crippen LogP contribution in [0, 0.1) is 0 Å². The molecule has 1 aliphatic carbocycles. The van der Waals surface area contributed by atoms with Gasteiger partial charge >= 0.3 is 0 Å². The van der Waals surface area contributed by atoms with Gasteiger partial charge in [-0.2, -0.15) is 0 Å². The van der Waals surface area contributed by atoms with Crippen molar-refractivity contribution < 1.29 is 29.4 Å². The number of hydrogen-bond acceptors (Lipinski definition) is 6. The van der Waals surface area contributed by atoms with Crippen LogP contribution in [0.15, 0.2) is 24.3 Å². The molecule has 0 unspecified atom stereocenters. The van der Waals surface area contributed by atoms with Crippen molar-refractivity contribution in [2.75, 3.05) is 0 Å². The first-order valence-electron chi connectivity index (χ1n) is 6.23. The maximum atomic E-state index is 12.5. The van der Waals surface area contributed by atoms with E-state index in [1.165, 1.54) is 12.1 Å². The lowest BCUT2D eigenvalue weighted by Crippen LogP contribution is -2.24. The van der Waals surface area contributed by atoms with Crippen molar-refractivity contribution in [1.82, 2.24) is 0 Å². The number of benzene rings is 2. The summed E-state index contributed by atoms with van der Waals surface area (Å²) in [5.41, 5.74) is -1.13. The van der Waals surface area contributed by atoms with Crippen molar-refractivity contribution in [3.63, 3.8) is 0 Å². The first-order valence-corrected chi connectivity index (χ1v) is 6.23. The van der Waals surface area contributed by atoms with Gasteiger partial charge in [-0.3, -0.25) is 19.2 Å². The van der Waals surface area contributed by atoms with Gasteiger partial charge in [0.1, 0.15) is 11.5 Å². The van der Waals surface area contributed by atoms with E-state index in [9.17, 15) is 29.4 Å². The van der Waals surface area contributed by atoms with Gasteiger partial charge in [0.2, 0.25) is 0 Å². The van der Waals surface area contributed by atoms with Crippen LogP contribution in [0.3, 0.4) is 0 Å². The van der Waals surface area contributed by atoms with Gasteiger partial charge in [0, 0.05) is 22.3 Å². The maximum absolute atomic E-state index is 12.5. The Labute approximate surface area is 123 Å². The predicted molar refractivity (Wildman–Crippen MR) is 73.9 cm³/mol. The van der Waals surface area contributed by atoms with E-state index in [1.807, 2.05) is 0 Å². The summed E-state index contributed by atoms with van der Waals surface area (Å²) in [6.45, 7) is 0. The van der Waals surface area contributed by atoms with E-state index in [-0.39, 0.29) is 33.4 Å². The lowest BCUT2D eigenvalue weighted by molar-refractivity contribution is 0.0972. The van der Waals surface area contributed by atoms with E-state index in [1.54, 1.807) is 0 Å². The summed E-state index contributed by atoms with van der Waals surface area (Å²) in [7, 11) is 0. The molecule has 0 atom stereocenters. The van der Waals surface area contributed by atoms with Gasteiger partial charge < -0.3 is 10.2 Å². The molecule has 2 aromatic rings. The zero-order valence-electron chi connectivity index (χ0n) is 11.0. The monoisotopic (exact) mass is 296 g/mol. The van der Waals surface area contributed by atoms with Crippen molar-refractivity contribution in [1.29, 1.82) is 0 Å². The van der Waals surface area contributed by atoms with Crippen LogP contribution >= 0.6 is 0 Å². The fraction of sp³-hybridized carbons (Fsp3) is 0. The molecule has 2 aromatic carbocycles. The molecular weight excluding hydrogens is 288 g/mol. The molecule has 0 saturated carbocycles. The highest BCUT2D eigenvalue weighted by Gasteiger charge is 2.35. The van der Waals surface area contributed by atoms with Crippen LogP contribution < -0.4 is 0 Å². The number of aromatic hydroxyl groups is 2. The molecule has 2 N–H and O–H groups in total. The molecule has 0 bridgehead atoms. The standard InChI is InChI=1S/C16H8O6/c17-5-9-11(19)3-1-7-13(9)16(22)8-2-4-12(20)10(6-18)14(8)15(7)21/h1-6,19-20H. The number of aldehydes is 2. The van der Waals surface area contributed by atoms with Crippen LogP contribution in [0.2, 0.25) is 0 Å². The Kier molecular flexibility index (Phi) is 2.88. The van der Waals surface area contributed by atoms with Gasteiger partial charge in [0.05, 0.1) is 11.1 Å². The highest BCUT2D eigenvalue weighted by molar-refractivity contribution is 6.32. The molecule has 0 saturated heterocycles. The molecule has 108 valence electrons. The molecule has 0 heterocycles. The first kappa shape index (κ1) is 13.7. The van der Waals surface area contributed by atoms with Gasteiger partial charge in [-0.05, 0) is 24.3 Å². The summed E-state index contributed by atoms with van der Waals surface area (Å²) in [6, 6.07) is 4.67. The average molecular weight is 296 g/mol. The number of phenolic OH excluding ortho intramolecular Hbond substituents is 2. The van der Waals surface area contributed by atoms with Gasteiger partial charge in [-0.15, -0.1) is 0 Å². The molecule has 3 rings (SSSR count).